The Bertz CT molecular complexity index is 404. The van der Waals surface area contributed by atoms with Crippen LogP contribution in [0, 0.1) is 11.8 Å². The van der Waals surface area contributed by atoms with Gasteiger partial charge in [0.15, 0.2) is 0 Å². The van der Waals surface area contributed by atoms with E-state index in [1.54, 1.807) is 14.2 Å². The lowest BCUT2D eigenvalue weighted by Crippen LogP contribution is -2.16. The first kappa shape index (κ1) is 18.0. The van der Waals surface area contributed by atoms with Crippen molar-refractivity contribution in [3.05, 3.63) is 29.3 Å². The molecule has 1 atom stereocenters. The third-order valence-corrected chi connectivity index (χ3v) is 3.71. The van der Waals surface area contributed by atoms with Crippen molar-refractivity contribution in [3.8, 4) is 5.75 Å². The molecule has 0 aliphatic rings. The molecule has 21 heavy (non-hydrogen) atoms. The van der Waals surface area contributed by atoms with Gasteiger partial charge >= 0.3 is 0 Å². The number of hydrogen-bond donors (Lipinski definition) is 1. The summed E-state index contributed by atoms with van der Waals surface area (Å²) in [4.78, 5) is 0. The third kappa shape index (κ3) is 6.04. The van der Waals surface area contributed by atoms with Gasteiger partial charge in [-0.1, -0.05) is 19.9 Å². The minimum atomic E-state index is 0.212. The van der Waals surface area contributed by atoms with Gasteiger partial charge in [-0.25, -0.2) is 0 Å². The zero-order chi connectivity index (χ0) is 15.7. The summed E-state index contributed by atoms with van der Waals surface area (Å²) in [6.45, 7) is 6.14. The van der Waals surface area contributed by atoms with E-state index in [1.165, 1.54) is 5.56 Å². The second-order valence-electron chi connectivity index (χ2n) is 5.58. The van der Waals surface area contributed by atoms with Crippen molar-refractivity contribution in [2.75, 3.05) is 34.0 Å². The number of aliphatic hydroxyl groups excluding tert-OH is 1. The van der Waals surface area contributed by atoms with E-state index in [4.69, 9.17) is 14.2 Å². The van der Waals surface area contributed by atoms with E-state index in [1.807, 2.05) is 6.07 Å². The number of aliphatic hydroxyl groups is 1. The highest BCUT2D eigenvalue weighted by Crippen LogP contribution is 2.24. The number of methoxy groups -OCH3 is 2. The minimum absolute atomic E-state index is 0.212. The van der Waals surface area contributed by atoms with E-state index < -0.39 is 0 Å². The molecule has 4 heteroatoms. The number of ether oxygens (including phenoxy) is 3. The standard InChI is InChI=1S/C17H28O4/c1-13(2)15(11-18)9-14-5-6-17(20-4)16(10-14)12-21-8-7-19-3/h5-6,10,13,15,18H,7-9,11-12H2,1-4H3/t15-/m0/s1. The lowest BCUT2D eigenvalue weighted by molar-refractivity contribution is 0.0607. The monoisotopic (exact) mass is 296 g/mol. The molecular formula is C17H28O4. The Morgan fingerprint density at radius 1 is 1.14 bits per heavy atom. The maximum Gasteiger partial charge on any atom is 0.124 e. The molecule has 120 valence electrons. The maximum atomic E-state index is 9.47. The van der Waals surface area contributed by atoms with E-state index >= 15 is 0 Å². The summed E-state index contributed by atoms with van der Waals surface area (Å²) in [7, 11) is 3.32. The van der Waals surface area contributed by atoms with Gasteiger partial charge in [0.1, 0.15) is 5.75 Å². The predicted molar refractivity (Wildman–Crippen MR) is 83.6 cm³/mol. The van der Waals surface area contributed by atoms with Crippen LogP contribution in [-0.4, -0.2) is 39.1 Å². The first-order valence-corrected chi connectivity index (χ1v) is 7.45. The highest BCUT2D eigenvalue weighted by atomic mass is 16.5. The SMILES string of the molecule is COCCOCc1cc(C[C@@H](CO)C(C)C)ccc1OC. The fourth-order valence-electron chi connectivity index (χ4n) is 2.21. The van der Waals surface area contributed by atoms with Gasteiger partial charge in [0.05, 0.1) is 26.9 Å². The molecule has 0 aromatic heterocycles. The lowest BCUT2D eigenvalue weighted by atomic mass is 9.89. The maximum absolute atomic E-state index is 9.47. The summed E-state index contributed by atoms with van der Waals surface area (Å²) in [6, 6.07) is 6.14. The minimum Gasteiger partial charge on any atom is -0.496 e. The van der Waals surface area contributed by atoms with Crippen molar-refractivity contribution in [2.24, 2.45) is 11.8 Å². The van der Waals surface area contributed by atoms with Gasteiger partial charge in [-0.05, 0) is 36.0 Å². The Morgan fingerprint density at radius 3 is 2.48 bits per heavy atom. The highest BCUT2D eigenvalue weighted by Gasteiger charge is 2.14. The van der Waals surface area contributed by atoms with Crippen molar-refractivity contribution >= 4 is 0 Å². The third-order valence-electron chi connectivity index (χ3n) is 3.71. The molecule has 0 bridgehead atoms. The molecule has 0 heterocycles. The Labute approximate surface area is 128 Å². The van der Waals surface area contributed by atoms with Crippen LogP contribution in [0.5, 0.6) is 5.75 Å². The van der Waals surface area contributed by atoms with Gasteiger partial charge in [0.2, 0.25) is 0 Å². The molecule has 1 N–H and O–H groups in total. The molecule has 1 aromatic rings. The molecule has 0 aliphatic carbocycles. The molecule has 0 amide bonds. The molecule has 1 rings (SSSR count). The summed E-state index contributed by atoms with van der Waals surface area (Å²) < 4.78 is 15.9. The van der Waals surface area contributed by atoms with Crippen LogP contribution in [0.3, 0.4) is 0 Å². The van der Waals surface area contributed by atoms with E-state index in [-0.39, 0.29) is 12.5 Å². The molecule has 0 saturated carbocycles. The van der Waals surface area contributed by atoms with Crippen LogP contribution in [0.15, 0.2) is 18.2 Å². The van der Waals surface area contributed by atoms with Gasteiger partial charge < -0.3 is 19.3 Å². The molecule has 0 spiro atoms. The van der Waals surface area contributed by atoms with Crippen molar-refractivity contribution in [3.63, 3.8) is 0 Å². The fourth-order valence-corrected chi connectivity index (χ4v) is 2.21. The summed E-state index contributed by atoms with van der Waals surface area (Å²) in [6.07, 6.45) is 0.864. The van der Waals surface area contributed by atoms with Crippen LogP contribution >= 0.6 is 0 Å². The molecule has 0 saturated heterocycles. The van der Waals surface area contributed by atoms with Crippen LogP contribution < -0.4 is 4.74 Å². The normalized spacial score (nSPS) is 12.7. The molecule has 0 fully saturated rings. The second-order valence-corrected chi connectivity index (χ2v) is 5.58. The first-order valence-electron chi connectivity index (χ1n) is 7.45. The highest BCUT2D eigenvalue weighted by molar-refractivity contribution is 5.37. The van der Waals surface area contributed by atoms with Crippen LogP contribution in [0.1, 0.15) is 25.0 Å². The quantitative estimate of drug-likeness (QED) is 0.674. The van der Waals surface area contributed by atoms with Crippen molar-refractivity contribution in [2.45, 2.75) is 26.9 Å². The summed E-state index contributed by atoms with van der Waals surface area (Å²) in [5, 5.41) is 9.47. The Morgan fingerprint density at radius 2 is 1.90 bits per heavy atom. The fraction of sp³-hybridized carbons (Fsp3) is 0.647. The zero-order valence-corrected chi connectivity index (χ0v) is 13.6. The number of benzene rings is 1. The first-order chi connectivity index (χ1) is 10.1. The average Bonchev–Trinajstić information content (AvgIpc) is 2.49. The summed E-state index contributed by atoms with van der Waals surface area (Å²) in [5.74, 6) is 1.57. The molecule has 0 aliphatic heterocycles. The number of rotatable bonds is 10. The van der Waals surface area contributed by atoms with E-state index in [0.29, 0.717) is 25.7 Å². The van der Waals surface area contributed by atoms with Gasteiger partial charge in [0, 0.05) is 19.3 Å². The lowest BCUT2D eigenvalue weighted by Gasteiger charge is -2.19. The Balaban J connectivity index is 2.74. The van der Waals surface area contributed by atoms with Crippen LogP contribution in [-0.2, 0) is 22.5 Å². The van der Waals surface area contributed by atoms with Gasteiger partial charge in [-0.3, -0.25) is 0 Å². The predicted octanol–water partition coefficient (Wildman–Crippen LogP) is 2.67. The second kappa shape index (κ2) is 9.77. The van der Waals surface area contributed by atoms with E-state index in [9.17, 15) is 5.11 Å². The van der Waals surface area contributed by atoms with Gasteiger partial charge in [-0.2, -0.15) is 0 Å². The zero-order valence-electron chi connectivity index (χ0n) is 13.6. The topological polar surface area (TPSA) is 47.9 Å². The van der Waals surface area contributed by atoms with Gasteiger partial charge in [0.25, 0.3) is 0 Å². The average molecular weight is 296 g/mol. The molecule has 1 aromatic carbocycles. The van der Waals surface area contributed by atoms with Crippen molar-refractivity contribution in [1.29, 1.82) is 0 Å². The number of hydrogen-bond acceptors (Lipinski definition) is 4. The molecule has 0 radical (unpaired) electrons. The molecule has 4 nitrogen and oxygen atoms in total. The van der Waals surface area contributed by atoms with Crippen LogP contribution in [0.4, 0.5) is 0 Å². The van der Waals surface area contributed by atoms with Gasteiger partial charge in [-0.15, -0.1) is 0 Å². The van der Waals surface area contributed by atoms with E-state index in [0.717, 1.165) is 17.7 Å². The van der Waals surface area contributed by atoms with E-state index in [2.05, 4.69) is 26.0 Å². The molecule has 0 unspecified atom stereocenters. The summed E-state index contributed by atoms with van der Waals surface area (Å²) in [5.41, 5.74) is 2.24. The largest absolute Gasteiger partial charge is 0.496 e. The van der Waals surface area contributed by atoms with Crippen molar-refractivity contribution in [1.82, 2.24) is 0 Å². The van der Waals surface area contributed by atoms with Crippen LogP contribution in [0.25, 0.3) is 0 Å². The smallest absolute Gasteiger partial charge is 0.124 e. The summed E-state index contributed by atoms with van der Waals surface area (Å²) >= 11 is 0. The Hall–Kier alpha value is -1.10. The molecular weight excluding hydrogens is 268 g/mol. The Kier molecular flexibility index (Phi) is 8.35. The van der Waals surface area contributed by atoms with Crippen LogP contribution in [0.2, 0.25) is 0 Å². The van der Waals surface area contributed by atoms with Crippen molar-refractivity contribution < 1.29 is 19.3 Å².